The van der Waals surface area contributed by atoms with Gasteiger partial charge in [0, 0.05) is 29.4 Å². The van der Waals surface area contributed by atoms with E-state index < -0.39 is 0 Å². The van der Waals surface area contributed by atoms with Crippen molar-refractivity contribution in [3.63, 3.8) is 0 Å². The molecular weight excluding hydrogens is 264 g/mol. The molecule has 0 spiro atoms. The van der Waals surface area contributed by atoms with E-state index in [0.29, 0.717) is 17.6 Å². The Hall–Kier alpha value is -2.48. The summed E-state index contributed by atoms with van der Waals surface area (Å²) in [5, 5.41) is 12.4. The zero-order valence-corrected chi connectivity index (χ0v) is 10.8. The van der Waals surface area contributed by atoms with Crippen LogP contribution in [0.15, 0.2) is 30.0 Å². The predicted molar refractivity (Wildman–Crippen MR) is 71.6 cm³/mol. The molecule has 3 aromatic rings. The molecule has 8 heteroatoms. The van der Waals surface area contributed by atoms with Gasteiger partial charge in [0.05, 0.1) is 13.3 Å². The van der Waals surface area contributed by atoms with Crippen LogP contribution in [0.1, 0.15) is 0 Å². The van der Waals surface area contributed by atoms with Gasteiger partial charge in [-0.25, -0.2) is 9.97 Å². The van der Waals surface area contributed by atoms with Crippen LogP contribution in [0.25, 0.3) is 10.6 Å². The van der Waals surface area contributed by atoms with E-state index in [4.69, 9.17) is 4.74 Å². The van der Waals surface area contributed by atoms with Crippen LogP contribution in [-0.4, -0.2) is 32.3 Å². The molecule has 3 rings (SSSR count). The highest BCUT2D eigenvalue weighted by Gasteiger charge is 2.07. The van der Waals surface area contributed by atoms with Crippen molar-refractivity contribution in [3.8, 4) is 16.5 Å². The van der Waals surface area contributed by atoms with Gasteiger partial charge in [0.1, 0.15) is 10.8 Å². The molecule has 2 N–H and O–H groups in total. The molecule has 0 aliphatic carbocycles. The summed E-state index contributed by atoms with van der Waals surface area (Å²) in [5.74, 6) is 1.64. The van der Waals surface area contributed by atoms with Gasteiger partial charge in [-0.05, 0) is 0 Å². The summed E-state index contributed by atoms with van der Waals surface area (Å²) in [4.78, 5) is 12.7. The first kappa shape index (κ1) is 11.6. The van der Waals surface area contributed by atoms with Crippen LogP contribution in [0.5, 0.6) is 5.88 Å². The van der Waals surface area contributed by atoms with Crippen LogP contribution in [0.3, 0.4) is 0 Å². The van der Waals surface area contributed by atoms with Crippen LogP contribution in [0.2, 0.25) is 0 Å². The van der Waals surface area contributed by atoms with E-state index in [2.05, 4.69) is 30.5 Å². The van der Waals surface area contributed by atoms with Gasteiger partial charge in [-0.15, -0.1) is 11.3 Å². The minimum Gasteiger partial charge on any atom is -0.481 e. The smallest absolute Gasteiger partial charge is 0.231 e. The summed E-state index contributed by atoms with van der Waals surface area (Å²) in [6.07, 6.45) is 5.15. The van der Waals surface area contributed by atoms with Gasteiger partial charge in [0.15, 0.2) is 0 Å². The number of methoxy groups -OCH3 is 1. The monoisotopic (exact) mass is 274 g/mol. The standard InChI is InChI=1S/C11H10N6OS/c1-18-9-2-3-12-11(17-9)16-8-6-19-10(15-8)7-4-13-14-5-7/h2-6H,1H3,(H,13,14)(H,12,16,17). The molecular formula is C11H10N6OS. The fraction of sp³-hybridized carbons (Fsp3) is 0.0909. The van der Waals surface area contributed by atoms with Crippen LogP contribution in [0.4, 0.5) is 11.8 Å². The van der Waals surface area contributed by atoms with Crippen LogP contribution < -0.4 is 10.1 Å². The SMILES string of the molecule is COc1ccnc(Nc2csc(-c3cn[nH]c3)n2)n1. The van der Waals surface area contributed by atoms with E-state index in [1.807, 2.05) is 5.38 Å². The Balaban J connectivity index is 1.80. The molecule has 0 aliphatic heterocycles. The number of thiazole rings is 1. The lowest BCUT2D eigenvalue weighted by Crippen LogP contribution is -1.98. The molecule has 0 unspecified atom stereocenters. The first-order valence-corrected chi connectivity index (χ1v) is 6.32. The highest BCUT2D eigenvalue weighted by Crippen LogP contribution is 2.26. The number of nitrogens with zero attached hydrogens (tertiary/aromatic N) is 4. The average molecular weight is 274 g/mol. The summed E-state index contributed by atoms with van der Waals surface area (Å²) in [6.45, 7) is 0. The van der Waals surface area contributed by atoms with E-state index in [9.17, 15) is 0 Å². The molecule has 96 valence electrons. The molecule has 3 aromatic heterocycles. The number of anilines is 2. The second-order valence-corrected chi connectivity index (χ2v) is 4.43. The minimum absolute atomic E-state index is 0.448. The molecule has 0 amide bonds. The number of aromatic nitrogens is 5. The second kappa shape index (κ2) is 5.02. The zero-order chi connectivity index (χ0) is 13.1. The molecule has 19 heavy (non-hydrogen) atoms. The maximum Gasteiger partial charge on any atom is 0.231 e. The summed E-state index contributed by atoms with van der Waals surface area (Å²) in [6, 6.07) is 1.68. The van der Waals surface area contributed by atoms with Crippen LogP contribution in [0, 0.1) is 0 Å². The van der Waals surface area contributed by atoms with E-state index in [-0.39, 0.29) is 0 Å². The summed E-state index contributed by atoms with van der Waals surface area (Å²) < 4.78 is 5.04. The fourth-order valence-corrected chi connectivity index (χ4v) is 2.20. The van der Waals surface area contributed by atoms with E-state index in [1.54, 1.807) is 31.8 Å². The molecule has 0 atom stereocenters. The molecule has 3 heterocycles. The molecule has 0 radical (unpaired) electrons. The van der Waals surface area contributed by atoms with E-state index in [0.717, 1.165) is 10.6 Å². The Morgan fingerprint density at radius 1 is 1.37 bits per heavy atom. The van der Waals surface area contributed by atoms with Gasteiger partial charge >= 0.3 is 0 Å². The Morgan fingerprint density at radius 3 is 3.11 bits per heavy atom. The lowest BCUT2D eigenvalue weighted by atomic mass is 10.4. The molecule has 0 aliphatic rings. The topological polar surface area (TPSA) is 88.6 Å². The molecule has 7 nitrogen and oxygen atoms in total. The third-order valence-electron chi connectivity index (χ3n) is 2.33. The van der Waals surface area contributed by atoms with Gasteiger partial charge in [-0.3, -0.25) is 5.10 Å². The van der Waals surface area contributed by atoms with Crippen molar-refractivity contribution >= 4 is 23.1 Å². The normalized spacial score (nSPS) is 10.4. The summed E-state index contributed by atoms with van der Waals surface area (Å²) >= 11 is 1.52. The maximum absolute atomic E-state index is 5.04. The lowest BCUT2D eigenvalue weighted by Gasteiger charge is -2.02. The number of aromatic amines is 1. The summed E-state index contributed by atoms with van der Waals surface area (Å²) in [7, 11) is 1.56. The number of hydrogen-bond donors (Lipinski definition) is 2. The van der Waals surface area contributed by atoms with Crippen molar-refractivity contribution in [2.45, 2.75) is 0 Å². The lowest BCUT2D eigenvalue weighted by molar-refractivity contribution is 0.397. The molecule has 0 saturated heterocycles. The van der Waals surface area contributed by atoms with Crippen molar-refractivity contribution in [3.05, 3.63) is 30.0 Å². The van der Waals surface area contributed by atoms with Gasteiger partial charge in [0.2, 0.25) is 11.8 Å². The first-order valence-electron chi connectivity index (χ1n) is 5.44. The third kappa shape index (κ3) is 2.52. The molecule has 0 fully saturated rings. The van der Waals surface area contributed by atoms with Gasteiger partial charge in [-0.1, -0.05) is 0 Å². The Morgan fingerprint density at radius 2 is 2.32 bits per heavy atom. The third-order valence-corrected chi connectivity index (χ3v) is 3.22. The largest absolute Gasteiger partial charge is 0.481 e. The van der Waals surface area contributed by atoms with Crippen molar-refractivity contribution in [1.82, 2.24) is 25.1 Å². The Kier molecular flexibility index (Phi) is 3.07. The Bertz CT molecular complexity index is 665. The highest BCUT2D eigenvalue weighted by molar-refractivity contribution is 7.13. The zero-order valence-electron chi connectivity index (χ0n) is 9.99. The number of rotatable bonds is 4. The second-order valence-electron chi connectivity index (χ2n) is 3.57. The maximum atomic E-state index is 5.04. The molecule has 0 bridgehead atoms. The fourth-order valence-electron chi connectivity index (χ4n) is 1.46. The number of ether oxygens (including phenoxy) is 1. The Labute approximate surface area is 112 Å². The molecule has 0 saturated carbocycles. The van der Waals surface area contributed by atoms with E-state index >= 15 is 0 Å². The van der Waals surface area contributed by atoms with Crippen LogP contribution in [-0.2, 0) is 0 Å². The van der Waals surface area contributed by atoms with Crippen molar-refractivity contribution in [2.24, 2.45) is 0 Å². The number of hydrogen-bond acceptors (Lipinski definition) is 7. The van der Waals surface area contributed by atoms with Gasteiger partial charge in [0.25, 0.3) is 0 Å². The predicted octanol–water partition coefficient (Wildman–Crippen LogP) is 2.08. The number of H-pyrrole nitrogens is 1. The first-order chi connectivity index (χ1) is 9.35. The van der Waals surface area contributed by atoms with E-state index in [1.165, 1.54) is 11.3 Å². The number of nitrogens with one attached hydrogen (secondary N) is 2. The molecule has 0 aromatic carbocycles. The van der Waals surface area contributed by atoms with Gasteiger partial charge < -0.3 is 10.1 Å². The van der Waals surface area contributed by atoms with Gasteiger partial charge in [-0.2, -0.15) is 10.1 Å². The minimum atomic E-state index is 0.448. The quantitative estimate of drug-likeness (QED) is 0.757. The van der Waals surface area contributed by atoms with Crippen molar-refractivity contribution in [1.29, 1.82) is 0 Å². The summed E-state index contributed by atoms with van der Waals surface area (Å²) in [5.41, 5.74) is 0.949. The van der Waals surface area contributed by atoms with Crippen LogP contribution >= 0.6 is 11.3 Å². The average Bonchev–Trinajstić information content (AvgIpc) is 3.09. The van der Waals surface area contributed by atoms with Crippen molar-refractivity contribution in [2.75, 3.05) is 12.4 Å². The highest BCUT2D eigenvalue weighted by atomic mass is 32.1. The van der Waals surface area contributed by atoms with Crippen molar-refractivity contribution < 1.29 is 4.74 Å².